The fraction of sp³-hybridized carbons (Fsp3) is 0.214. The van der Waals surface area contributed by atoms with Crippen LogP contribution in [0.5, 0.6) is 5.75 Å². The Morgan fingerprint density at radius 2 is 2.28 bits per heavy atom. The lowest BCUT2D eigenvalue weighted by Gasteiger charge is -2.04. The van der Waals surface area contributed by atoms with E-state index in [4.69, 9.17) is 9.47 Å². The topological polar surface area (TPSA) is 35.5 Å². The van der Waals surface area contributed by atoms with Crippen molar-refractivity contribution < 1.29 is 14.3 Å². The van der Waals surface area contributed by atoms with Crippen LogP contribution in [0, 0.1) is 6.92 Å². The van der Waals surface area contributed by atoms with E-state index in [1.165, 1.54) is 18.4 Å². The van der Waals surface area contributed by atoms with E-state index in [0.29, 0.717) is 17.2 Å². The number of fused-ring (bicyclic) bond motifs is 1. The molecular weight excluding hydrogens is 248 g/mol. The van der Waals surface area contributed by atoms with Crippen molar-refractivity contribution in [2.75, 3.05) is 13.7 Å². The molecule has 0 saturated heterocycles. The van der Waals surface area contributed by atoms with Crippen LogP contribution in [0.1, 0.15) is 15.2 Å². The van der Waals surface area contributed by atoms with Crippen molar-refractivity contribution in [3.8, 4) is 5.75 Å². The molecule has 0 aliphatic carbocycles. The van der Waals surface area contributed by atoms with Gasteiger partial charge < -0.3 is 9.47 Å². The van der Waals surface area contributed by atoms with Crippen molar-refractivity contribution in [3.63, 3.8) is 0 Å². The van der Waals surface area contributed by atoms with Crippen LogP contribution in [0.2, 0.25) is 0 Å². The summed E-state index contributed by atoms with van der Waals surface area (Å²) < 4.78 is 11.4. The molecule has 0 fully saturated rings. The van der Waals surface area contributed by atoms with Gasteiger partial charge in [0.2, 0.25) is 0 Å². The van der Waals surface area contributed by atoms with Crippen LogP contribution < -0.4 is 4.74 Å². The summed E-state index contributed by atoms with van der Waals surface area (Å²) in [6, 6.07) is 6.01. The van der Waals surface area contributed by atoms with Crippen LogP contribution in [0.3, 0.4) is 0 Å². The molecule has 18 heavy (non-hydrogen) atoms. The molecule has 4 heteroatoms. The minimum atomic E-state index is -0.368. The van der Waals surface area contributed by atoms with Gasteiger partial charge >= 0.3 is 5.97 Å². The van der Waals surface area contributed by atoms with Gasteiger partial charge in [0.1, 0.15) is 6.61 Å². The molecule has 0 amide bonds. The number of rotatable bonds is 4. The van der Waals surface area contributed by atoms with Gasteiger partial charge in [-0.3, -0.25) is 0 Å². The maximum atomic E-state index is 11.7. The number of ether oxygens (including phenoxy) is 2. The molecule has 0 unspecified atom stereocenters. The third-order valence-electron chi connectivity index (χ3n) is 2.51. The summed E-state index contributed by atoms with van der Waals surface area (Å²) in [6.07, 6.45) is 1.65. The average molecular weight is 262 g/mol. The van der Waals surface area contributed by atoms with E-state index in [0.717, 1.165) is 15.6 Å². The lowest BCUT2D eigenvalue weighted by molar-refractivity contribution is 0.0603. The van der Waals surface area contributed by atoms with Crippen LogP contribution in [0.4, 0.5) is 0 Å². The first kappa shape index (κ1) is 12.6. The van der Waals surface area contributed by atoms with Crippen LogP contribution in [0.25, 0.3) is 10.1 Å². The molecule has 0 atom stereocenters. The predicted octanol–water partition coefficient (Wildman–Crippen LogP) is 3.56. The molecule has 0 radical (unpaired) electrons. The third-order valence-corrected chi connectivity index (χ3v) is 3.65. The van der Waals surface area contributed by atoms with Crippen molar-refractivity contribution in [1.82, 2.24) is 0 Å². The zero-order chi connectivity index (χ0) is 13.1. The maximum Gasteiger partial charge on any atom is 0.351 e. The van der Waals surface area contributed by atoms with Crippen molar-refractivity contribution in [2.24, 2.45) is 0 Å². The van der Waals surface area contributed by atoms with E-state index in [2.05, 4.69) is 6.58 Å². The third kappa shape index (κ3) is 2.24. The summed E-state index contributed by atoms with van der Waals surface area (Å²) >= 11 is 1.38. The Labute approximate surface area is 110 Å². The first-order valence-electron chi connectivity index (χ1n) is 5.52. The van der Waals surface area contributed by atoms with Crippen LogP contribution in [0.15, 0.2) is 30.9 Å². The smallest absolute Gasteiger partial charge is 0.351 e. The van der Waals surface area contributed by atoms with Crippen molar-refractivity contribution in [1.29, 1.82) is 0 Å². The second-order valence-corrected chi connectivity index (χ2v) is 4.90. The summed E-state index contributed by atoms with van der Waals surface area (Å²) in [5.41, 5.74) is 1.13. The second kappa shape index (κ2) is 5.23. The summed E-state index contributed by atoms with van der Waals surface area (Å²) in [5.74, 6) is 0.221. The highest BCUT2D eigenvalue weighted by Gasteiger charge is 2.20. The molecule has 1 aromatic heterocycles. The molecule has 94 valence electrons. The Bertz CT molecular complexity index is 598. The minimum absolute atomic E-state index is 0.365. The predicted molar refractivity (Wildman–Crippen MR) is 73.6 cm³/mol. The standard InChI is InChI=1S/C14H14O3S/c1-4-7-17-12-10-8-9(2)5-6-11(10)18-13(12)14(15)16-3/h4-6,8H,1,7H2,2-3H3. The molecule has 2 aromatic rings. The molecular formula is C14H14O3S. The molecule has 0 aliphatic rings. The van der Waals surface area contributed by atoms with Gasteiger partial charge in [-0.2, -0.15) is 0 Å². The maximum absolute atomic E-state index is 11.7. The number of carbonyl (C=O) groups is 1. The van der Waals surface area contributed by atoms with Gasteiger partial charge in [-0.05, 0) is 19.1 Å². The van der Waals surface area contributed by atoms with E-state index in [1.807, 2.05) is 25.1 Å². The van der Waals surface area contributed by atoms with Crippen LogP contribution in [-0.4, -0.2) is 19.7 Å². The van der Waals surface area contributed by atoms with Gasteiger partial charge in [0.05, 0.1) is 7.11 Å². The summed E-state index contributed by atoms with van der Waals surface area (Å²) in [4.78, 5) is 12.2. The van der Waals surface area contributed by atoms with Crippen molar-refractivity contribution in [3.05, 3.63) is 41.3 Å². The summed E-state index contributed by atoms with van der Waals surface area (Å²) in [7, 11) is 1.37. The highest BCUT2D eigenvalue weighted by Crippen LogP contribution is 2.38. The van der Waals surface area contributed by atoms with Crippen molar-refractivity contribution >= 4 is 27.4 Å². The first-order valence-corrected chi connectivity index (χ1v) is 6.34. The molecule has 1 heterocycles. The Balaban J connectivity index is 2.61. The average Bonchev–Trinajstić information content (AvgIpc) is 2.73. The number of aryl methyl sites for hydroxylation is 1. The number of methoxy groups -OCH3 is 1. The van der Waals surface area contributed by atoms with Crippen LogP contribution >= 0.6 is 11.3 Å². The normalized spacial score (nSPS) is 10.3. The van der Waals surface area contributed by atoms with Crippen molar-refractivity contribution in [2.45, 2.75) is 6.92 Å². The van der Waals surface area contributed by atoms with Gasteiger partial charge in [-0.25, -0.2) is 4.79 Å². The molecule has 0 aliphatic heterocycles. The lowest BCUT2D eigenvalue weighted by atomic mass is 10.1. The van der Waals surface area contributed by atoms with Gasteiger partial charge in [-0.15, -0.1) is 11.3 Å². The quantitative estimate of drug-likeness (QED) is 0.624. The zero-order valence-corrected chi connectivity index (χ0v) is 11.2. The minimum Gasteiger partial charge on any atom is -0.487 e. The van der Waals surface area contributed by atoms with E-state index >= 15 is 0 Å². The Morgan fingerprint density at radius 3 is 2.94 bits per heavy atom. The molecule has 0 N–H and O–H groups in total. The molecule has 0 saturated carbocycles. The first-order chi connectivity index (χ1) is 8.67. The second-order valence-electron chi connectivity index (χ2n) is 3.85. The zero-order valence-electron chi connectivity index (χ0n) is 10.4. The molecule has 3 nitrogen and oxygen atoms in total. The van der Waals surface area contributed by atoms with E-state index < -0.39 is 0 Å². The Morgan fingerprint density at radius 1 is 1.50 bits per heavy atom. The highest BCUT2D eigenvalue weighted by molar-refractivity contribution is 7.21. The Hall–Kier alpha value is -1.81. The monoisotopic (exact) mass is 262 g/mol. The van der Waals surface area contributed by atoms with Gasteiger partial charge in [0.15, 0.2) is 10.6 Å². The number of hydrogen-bond donors (Lipinski definition) is 0. The molecule has 0 spiro atoms. The molecule has 2 rings (SSSR count). The largest absolute Gasteiger partial charge is 0.487 e. The number of esters is 1. The van der Waals surface area contributed by atoms with E-state index in [1.54, 1.807) is 6.08 Å². The van der Waals surface area contributed by atoms with E-state index in [9.17, 15) is 4.79 Å². The lowest BCUT2D eigenvalue weighted by Crippen LogP contribution is -2.02. The van der Waals surface area contributed by atoms with Gasteiger partial charge in [0, 0.05) is 10.1 Å². The van der Waals surface area contributed by atoms with Crippen LogP contribution in [-0.2, 0) is 4.74 Å². The van der Waals surface area contributed by atoms with Gasteiger partial charge in [-0.1, -0.05) is 24.3 Å². The molecule has 0 bridgehead atoms. The summed E-state index contributed by atoms with van der Waals surface area (Å²) in [5, 5.41) is 0.947. The number of benzene rings is 1. The number of hydrogen-bond acceptors (Lipinski definition) is 4. The highest BCUT2D eigenvalue weighted by atomic mass is 32.1. The van der Waals surface area contributed by atoms with Gasteiger partial charge in [0.25, 0.3) is 0 Å². The van der Waals surface area contributed by atoms with E-state index in [-0.39, 0.29) is 5.97 Å². The fourth-order valence-corrected chi connectivity index (χ4v) is 2.75. The summed E-state index contributed by atoms with van der Waals surface area (Å²) in [6.45, 7) is 5.99. The number of thiophene rings is 1. The molecule has 1 aromatic carbocycles. The number of carbonyl (C=O) groups excluding carboxylic acids is 1. The Kier molecular flexibility index (Phi) is 3.67. The fourth-order valence-electron chi connectivity index (χ4n) is 1.70. The SMILES string of the molecule is C=CCOc1c(C(=O)OC)sc2ccc(C)cc12.